The summed E-state index contributed by atoms with van der Waals surface area (Å²) >= 11 is 0.248. The maximum absolute atomic E-state index is 13.4. The number of nitrogens with zero attached hydrogens (tertiary/aromatic N) is 1. The Morgan fingerprint density at radius 2 is 1.87 bits per heavy atom. The van der Waals surface area contributed by atoms with E-state index in [1.807, 2.05) is 30.3 Å². The van der Waals surface area contributed by atoms with Crippen LogP contribution in [0, 0.1) is 22.2 Å². The van der Waals surface area contributed by atoms with E-state index in [9.17, 15) is 9.59 Å². The Morgan fingerprint density at radius 1 is 1.19 bits per heavy atom. The molecule has 2 saturated carbocycles. The summed E-state index contributed by atoms with van der Waals surface area (Å²) in [6, 6.07) is 9.94. The number of methoxy groups -OCH3 is 1. The number of Topliss-reactive ketones (excluding diaryl/α,β-unsaturated/α-hetero) is 1. The quantitative estimate of drug-likeness (QED) is 0.419. The first-order valence-corrected chi connectivity index (χ1v) is 13.8. The molecule has 2 bridgehead atoms. The number of ether oxygens (including phenoxy) is 1. The van der Waals surface area contributed by atoms with E-state index in [4.69, 9.17) is 4.74 Å². The zero-order valence-electron chi connectivity index (χ0n) is 19.8. The van der Waals surface area contributed by atoms with Crippen molar-refractivity contribution in [3.8, 4) is 0 Å². The summed E-state index contributed by atoms with van der Waals surface area (Å²) in [6.07, 6.45) is 3.30. The number of carbonyl (C=O) groups excluding carboxylic acids is 2. The molecule has 0 radical (unpaired) electrons. The van der Waals surface area contributed by atoms with Gasteiger partial charge in [-0.25, -0.2) is 0 Å². The average molecular weight is 491 g/mol. The van der Waals surface area contributed by atoms with Crippen LogP contribution in [0.2, 0.25) is 10.1 Å². The van der Waals surface area contributed by atoms with Crippen LogP contribution in [0.5, 0.6) is 0 Å². The van der Waals surface area contributed by atoms with Gasteiger partial charge in [0.25, 0.3) is 0 Å². The van der Waals surface area contributed by atoms with Crippen molar-refractivity contribution in [2.75, 3.05) is 13.7 Å². The van der Waals surface area contributed by atoms with Gasteiger partial charge in [0, 0.05) is 0 Å². The van der Waals surface area contributed by atoms with Gasteiger partial charge in [-0.3, -0.25) is 0 Å². The Hall–Kier alpha value is -1.16. The zero-order valence-corrected chi connectivity index (χ0v) is 21.5. The first kappa shape index (κ1) is 23.0. The molecule has 3 aliphatic rings. The second kappa shape index (κ2) is 8.01. The van der Waals surface area contributed by atoms with Gasteiger partial charge in [-0.05, 0) is 0 Å². The molecule has 170 valence electrons. The Bertz CT molecular complexity index is 851. The Balaban J connectivity index is 1.56. The van der Waals surface area contributed by atoms with Gasteiger partial charge in [-0.15, -0.1) is 0 Å². The van der Waals surface area contributed by atoms with Gasteiger partial charge in [0.05, 0.1) is 0 Å². The number of hydrogen-bond acceptors (Lipinski definition) is 4. The fourth-order valence-electron chi connectivity index (χ4n) is 6.52. The third-order valence-corrected chi connectivity index (χ3v) is 11.8. The Labute approximate surface area is 193 Å². The van der Waals surface area contributed by atoms with Crippen LogP contribution in [-0.2, 0) is 14.3 Å². The minimum atomic E-state index is -0.376. The van der Waals surface area contributed by atoms with Gasteiger partial charge in [-0.1, -0.05) is 0 Å². The monoisotopic (exact) mass is 491 g/mol. The van der Waals surface area contributed by atoms with Crippen LogP contribution >= 0.6 is 0 Å². The van der Waals surface area contributed by atoms with Crippen molar-refractivity contribution in [3.05, 3.63) is 35.9 Å². The van der Waals surface area contributed by atoms with Gasteiger partial charge in [0.15, 0.2) is 0 Å². The first-order valence-electron chi connectivity index (χ1n) is 11.6. The summed E-state index contributed by atoms with van der Waals surface area (Å²) in [7, 11) is 1.48. The topological polar surface area (TPSA) is 46.6 Å². The molecule has 1 aromatic carbocycles. The molecular weight excluding hydrogens is 453 g/mol. The fraction of sp³-hybridized carbons (Fsp3) is 0.692. The molecule has 1 saturated heterocycles. The molecule has 5 atom stereocenters. The normalized spacial score (nSPS) is 34.8. The van der Waals surface area contributed by atoms with E-state index in [-0.39, 0.29) is 48.0 Å². The van der Waals surface area contributed by atoms with E-state index >= 15 is 0 Å². The van der Waals surface area contributed by atoms with Crippen LogP contribution in [0.25, 0.3) is 0 Å². The molecule has 4 rings (SSSR count). The number of hydrogen-bond donors (Lipinski definition) is 0. The third-order valence-electron chi connectivity index (χ3n) is 8.68. The van der Waals surface area contributed by atoms with Crippen molar-refractivity contribution in [2.45, 2.75) is 76.1 Å². The number of rotatable bonds is 6. The van der Waals surface area contributed by atoms with Gasteiger partial charge >= 0.3 is 194 Å². The summed E-state index contributed by atoms with van der Waals surface area (Å²) in [5.41, 5.74) is 1.11. The molecule has 1 unspecified atom stereocenters. The molecule has 3 fully saturated rings. The molecule has 1 heterocycles. The van der Waals surface area contributed by atoms with Crippen LogP contribution in [0.4, 0.5) is 0 Å². The predicted molar refractivity (Wildman–Crippen MR) is 124 cm³/mol. The second-order valence-electron chi connectivity index (χ2n) is 11.3. The first-order chi connectivity index (χ1) is 14.5. The molecule has 2 aliphatic carbocycles. The van der Waals surface area contributed by atoms with Crippen molar-refractivity contribution in [3.63, 3.8) is 0 Å². The second-order valence-corrected chi connectivity index (χ2v) is 13.8. The average Bonchev–Trinajstić information content (AvgIpc) is 3.20. The van der Waals surface area contributed by atoms with Crippen LogP contribution in [0.3, 0.4) is 0 Å². The number of carbonyl (C=O) groups is 2. The summed E-state index contributed by atoms with van der Waals surface area (Å²) in [5, 5.41) is 1.02. The van der Waals surface area contributed by atoms with Crippen molar-refractivity contribution < 1.29 is 14.3 Å². The predicted octanol–water partition coefficient (Wildman–Crippen LogP) is 4.94. The van der Waals surface area contributed by atoms with Crippen LogP contribution < -0.4 is 0 Å². The van der Waals surface area contributed by atoms with Gasteiger partial charge < -0.3 is 0 Å². The van der Waals surface area contributed by atoms with Gasteiger partial charge in [0.1, 0.15) is 0 Å². The standard InChI is InChI=1S/C26H37NO3Se/c1-24(2)14-18(15-31-21-19-12-13-26(5,22(21)28)25(19,3)4)27(16-24)20(23(29)30-6)17-10-8-7-9-11-17/h7-11,18-21H,12-16H2,1-6H3/t18?,19-,20+,21+,26+/m1/s1. The molecular formula is C26H37NO3Se. The van der Waals surface area contributed by atoms with E-state index in [1.165, 1.54) is 13.5 Å². The molecule has 0 aromatic heterocycles. The molecule has 0 amide bonds. The number of fused-ring (bicyclic) bond motifs is 2. The number of ketones is 1. The summed E-state index contributed by atoms with van der Waals surface area (Å²) in [4.78, 5) is 28.8. The third kappa shape index (κ3) is 3.71. The number of likely N-dealkylation sites (tertiary alicyclic amines) is 1. The molecule has 4 nitrogen and oxygen atoms in total. The molecule has 5 heteroatoms. The summed E-state index contributed by atoms with van der Waals surface area (Å²) in [5.74, 6) is 0.856. The van der Waals surface area contributed by atoms with E-state index in [2.05, 4.69) is 39.5 Å². The molecule has 1 aromatic rings. The van der Waals surface area contributed by atoms with Crippen molar-refractivity contribution in [1.29, 1.82) is 0 Å². The van der Waals surface area contributed by atoms with Crippen LogP contribution in [0.15, 0.2) is 30.3 Å². The van der Waals surface area contributed by atoms with E-state index in [0.29, 0.717) is 17.7 Å². The number of esters is 1. The van der Waals surface area contributed by atoms with Crippen LogP contribution in [0.1, 0.15) is 65.5 Å². The fourth-order valence-corrected chi connectivity index (χ4v) is 10.4. The van der Waals surface area contributed by atoms with Gasteiger partial charge in [0.2, 0.25) is 0 Å². The SMILES string of the molecule is COC(=O)[C@H](c1ccccc1)N1CC(C)(C)CC1C[Se][C@@H]1C(=O)[C@]2(C)CC[C@H]1C2(C)C. The van der Waals surface area contributed by atoms with Crippen molar-refractivity contribution in [2.24, 2.45) is 22.2 Å². The Morgan fingerprint density at radius 3 is 2.45 bits per heavy atom. The zero-order chi connectivity index (χ0) is 22.6. The molecule has 1 aliphatic heterocycles. The van der Waals surface area contributed by atoms with E-state index in [1.54, 1.807) is 0 Å². The maximum atomic E-state index is 13.4. The summed E-state index contributed by atoms with van der Waals surface area (Å²) < 4.78 is 5.24. The van der Waals surface area contributed by atoms with E-state index in [0.717, 1.165) is 30.3 Å². The minimum absolute atomic E-state index is 0.115. The number of benzene rings is 1. The van der Waals surface area contributed by atoms with Gasteiger partial charge in [-0.2, -0.15) is 0 Å². The van der Waals surface area contributed by atoms with E-state index < -0.39 is 0 Å². The van der Waals surface area contributed by atoms with Crippen molar-refractivity contribution in [1.82, 2.24) is 4.90 Å². The summed E-state index contributed by atoms with van der Waals surface area (Å²) in [6.45, 7) is 12.3. The Kier molecular flexibility index (Phi) is 5.94. The molecule has 31 heavy (non-hydrogen) atoms. The molecule has 0 spiro atoms. The van der Waals surface area contributed by atoms with Crippen molar-refractivity contribution >= 4 is 26.7 Å². The molecule has 0 N–H and O–H groups in total. The van der Waals surface area contributed by atoms with Crippen LogP contribution in [-0.4, -0.2) is 51.3 Å².